The van der Waals surface area contributed by atoms with Crippen molar-refractivity contribution < 1.29 is 14.3 Å². The van der Waals surface area contributed by atoms with Crippen LogP contribution in [0.1, 0.15) is 30.4 Å². The van der Waals surface area contributed by atoms with Gasteiger partial charge in [0.05, 0.1) is 0 Å². The molecule has 0 spiro atoms. The third-order valence-corrected chi connectivity index (χ3v) is 3.98. The van der Waals surface area contributed by atoms with E-state index in [0.29, 0.717) is 13.0 Å². The molecule has 124 valence electrons. The molecule has 0 saturated heterocycles. The average Bonchev–Trinajstić information content (AvgIpc) is 3.06. The lowest BCUT2D eigenvalue weighted by molar-refractivity contribution is -0.121. The lowest BCUT2D eigenvalue weighted by Crippen LogP contribution is -2.26. The second-order valence-electron chi connectivity index (χ2n) is 6.01. The van der Waals surface area contributed by atoms with Crippen LogP contribution < -0.4 is 14.8 Å². The van der Waals surface area contributed by atoms with Gasteiger partial charge in [0.25, 0.3) is 0 Å². The first-order valence-electron chi connectivity index (χ1n) is 7.99. The van der Waals surface area contributed by atoms with Crippen molar-refractivity contribution in [2.75, 3.05) is 13.3 Å². The highest BCUT2D eigenvalue weighted by Gasteiger charge is 2.21. The molecule has 1 N–H and O–H groups in total. The van der Waals surface area contributed by atoms with E-state index < -0.39 is 0 Å². The van der Waals surface area contributed by atoms with E-state index in [2.05, 4.69) is 11.9 Å². The molecule has 0 radical (unpaired) electrons. The Kier molecular flexibility index (Phi) is 4.85. The largest absolute Gasteiger partial charge is 0.454 e. The molecule has 24 heavy (non-hydrogen) atoms. The summed E-state index contributed by atoms with van der Waals surface area (Å²) in [6.07, 6.45) is 0.372. The van der Waals surface area contributed by atoms with E-state index in [1.807, 2.05) is 55.5 Å². The molecule has 0 bridgehead atoms. The number of hydrogen-bond donors (Lipinski definition) is 1. The van der Waals surface area contributed by atoms with Crippen LogP contribution in [-0.4, -0.2) is 19.2 Å². The molecule has 4 heteroatoms. The molecule has 2 aromatic carbocycles. The normalized spacial score (nSPS) is 13.4. The van der Waals surface area contributed by atoms with Gasteiger partial charge in [-0.05, 0) is 30.2 Å². The molecular weight excluding hydrogens is 302 g/mol. The zero-order chi connectivity index (χ0) is 16.9. The molecule has 1 unspecified atom stereocenters. The predicted octanol–water partition coefficient (Wildman–Crippen LogP) is 3.63. The van der Waals surface area contributed by atoms with Crippen LogP contribution >= 0.6 is 0 Å². The zero-order valence-corrected chi connectivity index (χ0v) is 13.7. The van der Waals surface area contributed by atoms with E-state index in [-0.39, 0.29) is 18.6 Å². The Balaban J connectivity index is 1.85. The number of rotatable bonds is 6. The zero-order valence-electron chi connectivity index (χ0n) is 13.7. The Labute approximate surface area is 142 Å². The molecule has 1 amide bonds. The van der Waals surface area contributed by atoms with Gasteiger partial charge in [-0.3, -0.25) is 4.79 Å². The Morgan fingerprint density at radius 2 is 1.88 bits per heavy atom. The van der Waals surface area contributed by atoms with Crippen molar-refractivity contribution >= 4 is 5.91 Å². The number of ether oxygens (including phenoxy) is 2. The summed E-state index contributed by atoms with van der Waals surface area (Å²) >= 11 is 0. The smallest absolute Gasteiger partial charge is 0.231 e. The fourth-order valence-electron chi connectivity index (χ4n) is 2.75. The molecule has 4 nitrogen and oxygen atoms in total. The number of carbonyl (C=O) groups is 1. The lowest BCUT2D eigenvalue weighted by atomic mass is 9.88. The van der Waals surface area contributed by atoms with Gasteiger partial charge < -0.3 is 14.8 Å². The summed E-state index contributed by atoms with van der Waals surface area (Å²) in [5, 5.41) is 2.91. The van der Waals surface area contributed by atoms with Gasteiger partial charge in [0, 0.05) is 18.9 Å². The first-order valence-corrected chi connectivity index (χ1v) is 7.99. The molecule has 1 aliphatic heterocycles. The number of carbonyl (C=O) groups excluding carboxylic acids is 1. The van der Waals surface area contributed by atoms with E-state index in [4.69, 9.17) is 9.47 Å². The van der Waals surface area contributed by atoms with E-state index >= 15 is 0 Å². The van der Waals surface area contributed by atoms with Crippen molar-refractivity contribution in [2.24, 2.45) is 0 Å². The van der Waals surface area contributed by atoms with Crippen molar-refractivity contribution in [3.63, 3.8) is 0 Å². The summed E-state index contributed by atoms with van der Waals surface area (Å²) in [7, 11) is 0. The maximum Gasteiger partial charge on any atom is 0.231 e. The topological polar surface area (TPSA) is 47.6 Å². The van der Waals surface area contributed by atoms with Crippen molar-refractivity contribution in [2.45, 2.75) is 19.3 Å². The summed E-state index contributed by atoms with van der Waals surface area (Å²) in [5.41, 5.74) is 3.07. The summed E-state index contributed by atoms with van der Waals surface area (Å²) in [6.45, 7) is 6.46. The van der Waals surface area contributed by atoms with Gasteiger partial charge >= 0.3 is 0 Å². The number of nitrogens with one attached hydrogen (secondary N) is 1. The first-order chi connectivity index (χ1) is 11.6. The molecule has 1 aliphatic rings. The monoisotopic (exact) mass is 323 g/mol. The summed E-state index contributed by atoms with van der Waals surface area (Å²) in [4.78, 5) is 12.3. The highest BCUT2D eigenvalue weighted by molar-refractivity contribution is 5.78. The number of fused-ring (bicyclic) bond motifs is 1. The van der Waals surface area contributed by atoms with Crippen LogP contribution in [-0.2, 0) is 4.79 Å². The van der Waals surface area contributed by atoms with Gasteiger partial charge in [-0.25, -0.2) is 0 Å². The Hall–Kier alpha value is -2.75. The Bertz CT molecular complexity index is 740. The lowest BCUT2D eigenvalue weighted by Gasteiger charge is -2.18. The number of amides is 1. The Morgan fingerprint density at radius 1 is 1.12 bits per heavy atom. The van der Waals surface area contributed by atoms with Crippen LogP contribution in [0.5, 0.6) is 11.5 Å². The minimum Gasteiger partial charge on any atom is -0.454 e. The fraction of sp³-hybridized carbons (Fsp3) is 0.250. The SMILES string of the molecule is C=C(C)CNC(=O)CC(c1ccccc1)c1ccc2c(c1)OCO2. The maximum atomic E-state index is 12.3. The third-order valence-electron chi connectivity index (χ3n) is 3.98. The molecule has 0 aliphatic carbocycles. The molecule has 3 rings (SSSR count). The fourth-order valence-corrected chi connectivity index (χ4v) is 2.75. The van der Waals surface area contributed by atoms with Gasteiger partial charge in [-0.15, -0.1) is 0 Å². The third kappa shape index (κ3) is 3.77. The molecule has 1 heterocycles. The van der Waals surface area contributed by atoms with Crippen molar-refractivity contribution in [3.8, 4) is 11.5 Å². The molecule has 0 fully saturated rings. The number of benzene rings is 2. The maximum absolute atomic E-state index is 12.3. The Morgan fingerprint density at radius 3 is 2.62 bits per heavy atom. The van der Waals surface area contributed by atoms with Crippen molar-refractivity contribution in [1.29, 1.82) is 0 Å². The van der Waals surface area contributed by atoms with Crippen molar-refractivity contribution in [3.05, 3.63) is 71.8 Å². The van der Waals surface area contributed by atoms with Crippen LogP contribution in [0.4, 0.5) is 0 Å². The summed E-state index contributed by atoms with van der Waals surface area (Å²) < 4.78 is 10.8. The standard InChI is InChI=1S/C20H21NO3/c1-14(2)12-21-20(22)11-17(15-6-4-3-5-7-15)16-8-9-18-19(10-16)24-13-23-18/h3-10,17H,1,11-13H2,2H3,(H,21,22). The molecule has 1 atom stereocenters. The van der Waals surface area contributed by atoms with Crippen LogP contribution in [0.3, 0.4) is 0 Å². The average molecular weight is 323 g/mol. The van der Waals surface area contributed by atoms with Crippen LogP contribution in [0, 0.1) is 0 Å². The van der Waals surface area contributed by atoms with E-state index in [0.717, 1.165) is 28.2 Å². The van der Waals surface area contributed by atoms with Gasteiger partial charge in [0.15, 0.2) is 11.5 Å². The summed E-state index contributed by atoms with van der Waals surface area (Å²) in [5.74, 6) is 1.45. The minimum absolute atomic E-state index is 0.00419. The second kappa shape index (κ2) is 7.21. The highest BCUT2D eigenvalue weighted by atomic mass is 16.7. The summed E-state index contributed by atoms with van der Waals surface area (Å²) in [6, 6.07) is 15.9. The van der Waals surface area contributed by atoms with Gasteiger partial charge in [0.1, 0.15) is 0 Å². The van der Waals surface area contributed by atoms with Crippen LogP contribution in [0.2, 0.25) is 0 Å². The van der Waals surface area contributed by atoms with E-state index in [1.54, 1.807) is 0 Å². The van der Waals surface area contributed by atoms with Crippen LogP contribution in [0.15, 0.2) is 60.7 Å². The van der Waals surface area contributed by atoms with Crippen molar-refractivity contribution in [1.82, 2.24) is 5.32 Å². The predicted molar refractivity (Wildman–Crippen MR) is 93.3 cm³/mol. The molecular formula is C20H21NO3. The minimum atomic E-state index is -0.0363. The molecule has 0 saturated carbocycles. The quantitative estimate of drug-likeness (QED) is 0.826. The van der Waals surface area contributed by atoms with Gasteiger partial charge in [-0.2, -0.15) is 0 Å². The highest BCUT2D eigenvalue weighted by Crippen LogP contribution is 2.37. The van der Waals surface area contributed by atoms with Gasteiger partial charge in [0.2, 0.25) is 12.7 Å². The van der Waals surface area contributed by atoms with E-state index in [1.165, 1.54) is 0 Å². The number of hydrogen-bond acceptors (Lipinski definition) is 3. The van der Waals surface area contributed by atoms with Crippen LogP contribution in [0.25, 0.3) is 0 Å². The van der Waals surface area contributed by atoms with Gasteiger partial charge in [-0.1, -0.05) is 48.6 Å². The molecule has 2 aromatic rings. The second-order valence-corrected chi connectivity index (χ2v) is 6.01. The van der Waals surface area contributed by atoms with E-state index in [9.17, 15) is 4.79 Å². The first kappa shape index (κ1) is 16.1. The molecule has 0 aromatic heterocycles.